The quantitative estimate of drug-likeness (QED) is 0.922. The van der Waals surface area contributed by atoms with Gasteiger partial charge in [0.2, 0.25) is 0 Å². The summed E-state index contributed by atoms with van der Waals surface area (Å²) in [6.45, 7) is 1.86. The average Bonchev–Trinajstić information content (AvgIpc) is 2.66. The summed E-state index contributed by atoms with van der Waals surface area (Å²) in [5.41, 5.74) is 6.08. The predicted octanol–water partition coefficient (Wildman–Crippen LogP) is 2.34. The number of halogens is 1. The maximum Gasteiger partial charge on any atom is 0.256 e. The van der Waals surface area contributed by atoms with Crippen LogP contribution in [0.15, 0.2) is 30.3 Å². The summed E-state index contributed by atoms with van der Waals surface area (Å²) in [4.78, 5) is 11.4. The number of benzene rings is 1. The van der Waals surface area contributed by atoms with E-state index in [-0.39, 0.29) is 11.4 Å². The highest BCUT2D eigenvalue weighted by molar-refractivity contribution is 6.16. The van der Waals surface area contributed by atoms with E-state index in [9.17, 15) is 4.79 Å². The van der Waals surface area contributed by atoms with Crippen LogP contribution in [0.5, 0.6) is 11.6 Å². The Morgan fingerprint density at radius 2 is 2.11 bits per heavy atom. The SMILES string of the molecule is CCc1c(C(N)=O)c(Oc2ccccc2)nn1Cl. The fraction of sp³-hybridized carbons (Fsp3) is 0.167. The summed E-state index contributed by atoms with van der Waals surface area (Å²) in [5, 5.41) is 3.96. The van der Waals surface area contributed by atoms with E-state index < -0.39 is 5.91 Å². The van der Waals surface area contributed by atoms with Crippen molar-refractivity contribution < 1.29 is 9.53 Å². The van der Waals surface area contributed by atoms with E-state index in [1.165, 1.54) is 0 Å². The van der Waals surface area contributed by atoms with Crippen LogP contribution in [0.25, 0.3) is 0 Å². The van der Waals surface area contributed by atoms with Crippen molar-refractivity contribution in [2.75, 3.05) is 0 Å². The van der Waals surface area contributed by atoms with Gasteiger partial charge >= 0.3 is 0 Å². The first-order chi connectivity index (χ1) is 8.63. The number of nitrogens with zero attached hydrogens (tertiary/aromatic N) is 2. The molecule has 6 heteroatoms. The molecule has 1 aromatic carbocycles. The summed E-state index contributed by atoms with van der Waals surface area (Å²) < 4.78 is 6.61. The van der Waals surface area contributed by atoms with Crippen molar-refractivity contribution >= 4 is 17.7 Å². The first kappa shape index (κ1) is 12.4. The molecule has 0 atom stereocenters. The fourth-order valence-electron chi connectivity index (χ4n) is 1.63. The van der Waals surface area contributed by atoms with Gasteiger partial charge in [-0.25, -0.2) is 0 Å². The van der Waals surface area contributed by atoms with E-state index in [4.69, 9.17) is 22.2 Å². The molecule has 0 saturated carbocycles. The number of hydrogen-bond donors (Lipinski definition) is 1. The molecular weight excluding hydrogens is 254 g/mol. The molecule has 0 aliphatic rings. The molecule has 2 N–H and O–H groups in total. The van der Waals surface area contributed by atoms with Gasteiger partial charge in [0.15, 0.2) is 0 Å². The number of nitrogens with two attached hydrogens (primary N) is 1. The van der Waals surface area contributed by atoms with Crippen LogP contribution in [0.1, 0.15) is 23.0 Å². The van der Waals surface area contributed by atoms with Crippen LogP contribution in [0.2, 0.25) is 0 Å². The Labute approximate surface area is 109 Å². The van der Waals surface area contributed by atoms with Gasteiger partial charge in [-0.2, -0.15) is 4.20 Å². The van der Waals surface area contributed by atoms with Gasteiger partial charge in [0.05, 0.1) is 5.69 Å². The van der Waals surface area contributed by atoms with Gasteiger partial charge in [-0.05, 0) is 18.6 Å². The Bertz CT molecular complexity index is 566. The summed E-state index contributed by atoms with van der Waals surface area (Å²) in [7, 11) is 0. The smallest absolute Gasteiger partial charge is 0.256 e. The molecule has 0 aliphatic heterocycles. The first-order valence-electron chi connectivity index (χ1n) is 5.44. The minimum atomic E-state index is -0.607. The molecule has 0 aliphatic carbocycles. The number of ether oxygens (including phenoxy) is 1. The normalized spacial score (nSPS) is 10.3. The Kier molecular flexibility index (Phi) is 3.53. The van der Waals surface area contributed by atoms with E-state index in [1.54, 1.807) is 12.1 Å². The first-order valence-corrected chi connectivity index (χ1v) is 5.78. The molecule has 0 saturated heterocycles. The summed E-state index contributed by atoms with van der Waals surface area (Å²) in [5.74, 6) is 0.0858. The van der Waals surface area contributed by atoms with Gasteiger partial charge in [-0.15, -0.1) is 5.10 Å². The summed E-state index contributed by atoms with van der Waals surface area (Å²) >= 11 is 5.88. The van der Waals surface area contributed by atoms with E-state index in [0.717, 1.165) is 4.20 Å². The van der Waals surface area contributed by atoms with Crippen LogP contribution in [-0.2, 0) is 6.42 Å². The molecule has 0 bridgehead atoms. The van der Waals surface area contributed by atoms with Gasteiger partial charge < -0.3 is 10.5 Å². The molecule has 2 aromatic rings. The van der Waals surface area contributed by atoms with Gasteiger partial charge in [0.1, 0.15) is 11.3 Å². The largest absolute Gasteiger partial charge is 0.437 e. The molecule has 0 unspecified atom stereocenters. The number of para-hydroxylation sites is 1. The molecule has 2 rings (SSSR count). The van der Waals surface area contributed by atoms with Crippen LogP contribution in [0.3, 0.4) is 0 Å². The van der Waals surface area contributed by atoms with E-state index in [2.05, 4.69) is 5.10 Å². The van der Waals surface area contributed by atoms with Crippen molar-refractivity contribution in [1.82, 2.24) is 9.30 Å². The standard InChI is InChI=1S/C12H12ClN3O2/c1-2-9-10(11(14)17)12(15-16(9)13)18-8-6-4-3-5-7-8/h3-7H,2H2,1H3,(H2,14,17). The van der Waals surface area contributed by atoms with Crippen molar-refractivity contribution in [3.05, 3.63) is 41.6 Å². The lowest BCUT2D eigenvalue weighted by atomic mass is 10.2. The third-order valence-corrected chi connectivity index (χ3v) is 2.72. The number of primary amides is 1. The topological polar surface area (TPSA) is 70.1 Å². The Morgan fingerprint density at radius 3 is 2.67 bits per heavy atom. The van der Waals surface area contributed by atoms with Gasteiger partial charge in [-0.3, -0.25) is 4.79 Å². The second-order valence-electron chi connectivity index (χ2n) is 3.62. The maximum atomic E-state index is 11.4. The molecule has 1 aromatic heterocycles. The zero-order valence-corrected chi connectivity index (χ0v) is 10.5. The highest BCUT2D eigenvalue weighted by Crippen LogP contribution is 2.27. The lowest BCUT2D eigenvalue weighted by molar-refractivity contribution is 0.0997. The second-order valence-corrected chi connectivity index (χ2v) is 3.94. The highest BCUT2D eigenvalue weighted by atomic mass is 35.5. The number of rotatable bonds is 4. The lowest BCUT2D eigenvalue weighted by Gasteiger charge is -2.03. The fourth-order valence-corrected chi connectivity index (χ4v) is 1.90. The monoisotopic (exact) mass is 265 g/mol. The van der Waals surface area contributed by atoms with Crippen molar-refractivity contribution in [2.24, 2.45) is 5.73 Å². The molecule has 0 fully saturated rings. The number of carbonyl (C=O) groups excluding carboxylic acids is 1. The molecular formula is C12H12ClN3O2. The van der Waals surface area contributed by atoms with Crippen LogP contribution < -0.4 is 10.5 Å². The summed E-state index contributed by atoms with van der Waals surface area (Å²) in [6.07, 6.45) is 0.535. The second kappa shape index (κ2) is 5.10. The molecule has 5 nitrogen and oxygen atoms in total. The molecule has 0 radical (unpaired) electrons. The number of aromatic nitrogens is 2. The van der Waals surface area contributed by atoms with Crippen LogP contribution in [0.4, 0.5) is 0 Å². The molecule has 94 valence electrons. The van der Waals surface area contributed by atoms with Crippen molar-refractivity contribution in [3.8, 4) is 11.6 Å². The third kappa shape index (κ3) is 2.31. The predicted molar refractivity (Wildman–Crippen MR) is 67.9 cm³/mol. The molecule has 18 heavy (non-hydrogen) atoms. The highest BCUT2D eigenvalue weighted by Gasteiger charge is 2.22. The maximum absolute atomic E-state index is 11.4. The van der Waals surface area contributed by atoms with Crippen LogP contribution >= 0.6 is 11.8 Å². The van der Waals surface area contributed by atoms with E-state index >= 15 is 0 Å². The number of carbonyl (C=O) groups is 1. The lowest BCUT2D eigenvalue weighted by Crippen LogP contribution is -2.13. The molecule has 1 heterocycles. The number of amides is 1. The van der Waals surface area contributed by atoms with Gasteiger partial charge in [0, 0.05) is 11.8 Å². The van der Waals surface area contributed by atoms with Crippen molar-refractivity contribution in [2.45, 2.75) is 13.3 Å². The zero-order chi connectivity index (χ0) is 13.1. The van der Waals surface area contributed by atoms with Crippen LogP contribution in [0, 0.1) is 0 Å². The minimum Gasteiger partial charge on any atom is -0.437 e. The Balaban J connectivity index is 2.42. The van der Waals surface area contributed by atoms with Gasteiger partial charge in [-0.1, -0.05) is 25.1 Å². The van der Waals surface area contributed by atoms with Crippen LogP contribution in [-0.4, -0.2) is 15.2 Å². The number of hydrogen-bond acceptors (Lipinski definition) is 3. The molecule has 0 spiro atoms. The Hall–Kier alpha value is -2.01. The average molecular weight is 266 g/mol. The summed E-state index contributed by atoms with van der Waals surface area (Å²) in [6, 6.07) is 9.00. The van der Waals surface area contributed by atoms with E-state index in [0.29, 0.717) is 17.9 Å². The van der Waals surface area contributed by atoms with Crippen molar-refractivity contribution in [1.29, 1.82) is 0 Å². The zero-order valence-electron chi connectivity index (χ0n) is 9.76. The molecule has 1 amide bonds. The van der Waals surface area contributed by atoms with Gasteiger partial charge in [0.25, 0.3) is 11.8 Å². The van der Waals surface area contributed by atoms with E-state index in [1.807, 2.05) is 25.1 Å². The Morgan fingerprint density at radius 1 is 1.44 bits per heavy atom. The third-order valence-electron chi connectivity index (χ3n) is 2.44. The minimum absolute atomic E-state index is 0.126. The van der Waals surface area contributed by atoms with Crippen molar-refractivity contribution in [3.63, 3.8) is 0 Å².